The maximum absolute atomic E-state index is 10.4. The maximum atomic E-state index is 10.4. The first-order chi connectivity index (χ1) is 9.22. The first-order valence-electron chi connectivity index (χ1n) is 7.70. The van der Waals surface area contributed by atoms with Crippen molar-refractivity contribution in [2.75, 3.05) is 6.61 Å². The number of aliphatic hydroxyl groups excluding tert-OH is 1. The molecule has 2 saturated heterocycles. The number of ether oxygens (including phenoxy) is 1. The molecule has 4 heteroatoms. The molecule has 2 bridgehead atoms. The molecule has 2 aliphatic rings. The Morgan fingerprint density at radius 1 is 1.00 bits per heavy atom. The van der Waals surface area contributed by atoms with Gasteiger partial charge in [-0.25, -0.2) is 0 Å². The zero-order valence-electron chi connectivity index (χ0n) is 11.6. The molecule has 0 saturated carbocycles. The van der Waals surface area contributed by atoms with E-state index in [1.807, 2.05) is 0 Å². The Balaban J connectivity index is 1.63. The lowest BCUT2D eigenvalue weighted by Gasteiger charge is -2.27. The van der Waals surface area contributed by atoms with Crippen LogP contribution in [0.5, 0.6) is 0 Å². The third kappa shape index (κ3) is 3.93. The molecule has 2 N–H and O–H groups in total. The van der Waals surface area contributed by atoms with E-state index >= 15 is 0 Å². The largest absolute Gasteiger partial charge is 0.481 e. The number of hydrogen-bond acceptors (Lipinski definition) is 3. The number of fused-ring (bicyclic) bond motifs is 2. The molecule has 0 aliphatic carbocycles. The van der Waals surface area contributed by atoms with Crippen LogP contribution in [0.1, 0.15) is 57.8 Å². The average Bonchev–Trinajstić information content (AvgIpc) is 2.95. The van der Waals surface area contributed by atoms with E-state index in [2.05, 4.69) is 0 Å². The first kappa shape index (κ1) is 14.8. The molecule has 0 unspecified atom stereocenters. The van der Waals surface area contributed by atoms with E-state index in [0.717, 1.165) is 25.7 Å². The van der Waals surface area contributed by atoms with Gasteiger partial charge >= 0.3 is 5.97 Å². The van der Waals surface area contributed by atoms with Crippen molar-refractivity contribution >= 4 is 5.97 Å². The molecule has 0 radical (unpaired) electrons. The van der Waals surface area contributed by atoms with Crippen molar-refractivity contribution < 1.29 is 19.7 Å². The van der Waals surface area contributed by atoms with Crippen LogP contribution in [0.2, 0.25) is 0 Å². The summed E-state index contributed by atoms with van der Waals surface area (Å²) in [4.78, 5) is 10.4. The van der Waals surface area contributed by atoms with Crippen LogP contribution in [0.4, 0.5) is 0 Å². The molecular formula is C15H26O4. The van der Waals surface area contributed by atoms with Crippen LogP contribution in [-0.2, 0) is 9.53 Å². The molecule has 0 aromatic heterocycles. The second kappa shape index (κ2) is 7.25. The molecule has 19 heavy (non-hydrogen) atoms. The number of hydrogen-bond donors (Lipinski definition) is 2. The van der Waals surface area contributed by atoms with Gasteiger partial charge in [0, 0.05) is 13.0 Å². The molecule has 2 rings (SSSR count). The van der Waals surface area contributed by atoms with Gasteiger partial charge in [-0.15, -0.1) is 0 Å². The fourth-order valence-electron chi connectivity index (χ4n) is 3.83. The predicted molar refractivity (Wildman–Crippen MR) is 71.9 cm³/mol. The van der Waals surface area contributed by atoms with Crippen molar-refractivity contribution in [3.05, 3.63) is 0 Å². The second-order valence-corrected chi connectivity index (χ2v) is 5.98. The van der Waals surface area contributed by atoms with Crippen LogP contribution >= 0.6 is 0 Å². The van der Waals surface area contributed by atoms with Crippen molar-refractivity contribution in [2.45, 2.75) is 70.0 Å². The molecule has 4 atom stereocenters. The van der Waals surface area contributed by atoms with Gasteiger partial charge in [0.2, 0.25) is 0 Å². The summed E-state index contributed by atoms with van der Waals surface area (Å²) in [5, 5.41) is 17.7. The molecule has 0 aromatic rings. The molecule has 110 valence electrons. The van der Waals surface area contributed by atoms with Crippen LogP contribution in [0, 0.1) is 11.8 Å². The Labute approximate surface area is 115 Å². The molecule has 2 heterocycles. The summed E-state index contributed by atoms with van der Waals surface area (Å²) in [6.45, 7) is 0.270. The normalized spacial score (nSPS) is 32.9. The highest BCUT2D eigenvalue weighted by molar-refractivity contribution is 5.66. The number of carboxylic acid groups (broad SMARTS) is 1. The molecule has 0 amide bonds. The topological polar surface area (TPSA) is 66.8 Å². The minimum Gasteiger partial charge on any atom is -0.481 e. The summed E-state index contributed by atoms with van der Waals surface area (Å²) in [5.41, 5.74) is 0. The van der Waals surface area contributed by atoms with E-state index in [-0.39, 0.29) is 6.61 Å². The van der Waals surface area contributed by atoms with Crippen molar-refractivity contribution in [1.29, 1.82) is 0 Å². The summed E-state index contributed by atoms with van der Waals surface area (Å²) < 4.78 is 5.97. The summed E-state index contributed by atoms with van der Waals surface area (Å²) in [6, 6.07) is 0. The Kier molecular flexibility index (Phi) is 5.64. The standard InChI is InChI=1S/C15H26O4/c16-10-9-12-11(13-7-8-14(12)19-13)5-3-1-2-4-6-15(17)18/h11-14,16H,1-10H2,(H,17,18)/t11-,12-,13-,14+/m1/s1. The minimum atomic E-state index is -0.690. The molecule has 4 nitrogen and oxygen atoms in total. The third-order valence-electron chi connectivity index (χ3n) is 4.73. The maximum Gasteiger partial charge on any atom is 0.303 e. The Morgan fingerprint density at radius 2 is 1.63 bits per heavy atom. The van der Waals surface area contributed by atoms with Gasteiger partial charge in [0.1, 0.15) is 0 Å². The quantitative estimate of drug-likeness (QED) is 0.632. The lowest BCUT2D eigenvalue weighted by Crippen LogP contribution is -2.28. The lowest BCUT2D eigenvalue weighted by molar-refractivity contribution is -0.137. The van der Waals surface area contributed by atoms with E-state index in [9.17, 15) is 4.79 Å². The number of aliphatic carboxylic acids is 1. The number of unbranched alkanes of at least 4 members (excludes halogenated alkanes) is 3. The van der Waals surface area contributed by atoms with Gasteiger partial charge in [0.25, 0.3) is 0 Å². The van der Waals surface area contributed by atoms with E-state index in [1.54, 1.807) is 0 Å². The number of carboxylic acids is 1. The Hall–Kier alpha value is -0.610. The van der Waals surface area contributed by atoms with Gasteiger partial charge in [-0.3, -0.25) is 4.79 Å². The van der Waals surface area contributed by atoms with E-state index in [0.29, 0.717) is 30.5 Å². The SMILES string of the molecule is O=C(O)CCCCCC[C@@H]1[C@@H](CCO)[C@@H]2CC[C@H]1O2. The highest BCUT2D eigenvalue weighted by Crippen LogP contribution is 2.46. The van der Waals surface area contributed by atoms with E-state index in [1.165, 1.54) is 25.7 Å². The van der Waals surface area contributed by atoms with Gasteiger partial charge in [0.05, 0.1) is 12.2 Å². The monoisotopic (exact) mass is 270 g/mol. The molecule has 2 aliphatic heterocycles. The summed E-state index contributed by atoms with van der Waals surface area (Å²) in [7, 11) is 0. The Bertz CT molecular complexity index is 292. The van der Waals surface area contributed by atoms with Crippen LogP contribution in [0.15, 0.2) is 0 Å². The van der Waals surface area contributed by atoms with Gasteiger partial charge in [-0.1, -0.05) is 19.3 Å². The van der Waals surface area contributed by atoms with Crippen LogP contribution in [-0.4, -0.2) is 35.0 Å². The first-order valence-corrected chi connectivity index (χ1v) is 7.70. The molecule has 2 fully saturated rings. The molecular weight excluding hydrogens is 244 g/mol. The van der Waals surface area contributed by atoms with Crippen molar-refractivity contribution in [1.82, 2.24) is 0 Å². The Morgan fingerprint density at radius 3 is 2.26 bits per heavy atom. The molecule has 0 spiro atoms. The zero-order valence-corrected chi connectivity index (χ0v) is 11.6. The fraction of sp³-hybridized carbons (Fsp3) is 0.933. The van der Waals surface area contributed by atoms with Crippen molar-refractivity contribution in [3.63, 3.8) is 0 Å². The van der Waals surface area contributed by atoms with Gasteiger partial charge in [-0.05, 0) is 43.9 Å². The smallest absolute Gasteiger partial charge is 0.303 e. The predicted octanol–water partition coefficient (Wildman–Crippen LogP) is 2.59. The highest BCUT2D eigenvalue weighted by Gasteiger charge is 2.47. The van der Waals surface area contributed by atoms with Crippen molar-refractivity contribution in [2.24, 2.45) is 11.8 Å². The summed E-state index contributed by atoms with van der Waals surface area (Å²) >= 11 is 0. The van der Waals surface area contributed by atoms with Crippen molar-refractivity contribution in [3.8, 4) is 0 Å². The van der Waals surface area contributed by atoms with Gasteiger partial charge < -0.3 is 14.9 Å². The van der Waals surface area contributed by atoms with Crippen LogP contribution in [0.25, 0.3) is 0 Å². The number of aliphatic hydroxyl groups is 1. The number of rotatable bonds is 9. The third-order valence-corrected chi connectivity index (χ3v) is 4.73. The van der Waals surface area contributed by atoms with Crippen LogP contribution < -0.4 is 0 Å². The van der Waals surface area contributed by atoms with Crippen LogP contribution in [0.3, 0.4) is 0 Å². The highest BCUT2D eigenvalue weighted by atomic mass is 16.5. The summed E-state index contributed by atoms with van der Waals surface area (Å²) in [5.74, 6) is 0.498. The van der Waals surface area contributed by atoms with E-state index < -0.39 is 5.97 Å². The van der Waals surface area contributed by atoms with Gasteiger partial charge in [0.15, 0.2) is 0 Å². The number of carbonyl (C=O) groups is 1. The fourth-order valence-corrected chi connectivity index (χ4v) is 3.83. The van der Waals surface area contributed by atoms with Gasteiger partial charge in [-0.2, -0.15) is 0 Å². The lowest BCUT2D eigenvalue weighted by atomic mass is 9.75. The summed E-state index contributed by atoms with van der Waals surface area (Å²) in [6.07, 6.45) is 9.64. The zero-order chi connectivity index (χ0) is 13.7. The minimum absolute atomic E-state index is 0.270. The molecule has 0 aromatic carbocycles. The average molecular weight is 270 g/mol. The second-order valence-electron chi connectivity index (χ2n) is 5.98. The van der Waals surface area contributed by atoms with E-state index in [4.69, 9.17) is 14.9 Å².